The van der Waals surface area contributed by atoms with Gasteiger partial charge in [0, 0.05) is 0 Å². The predicted molar refractivity (Wildman–Crippen MR) is 134 cm³/mol. The number of carboxylic acid groups (broad SMARTS) is 1. The average molecular weight is 476 g/mol. The van der Waals surface area contributed by atoms with Gasteiger partial charge in [-0.1, -0.05) is 38.1 Å². The topological polar surface area (TPSA) is 96.6 Å². The van der Waals surface area contributed by atoms with Crippen molar-refractivity contribution in [1.29, 1.82) is 5.26 Å². The van der Waals surface area contributed by atoms with Gasteiger partial charge >= 0.3 is 11.9 Å². The fraction of sp³-hybridized carbons (Fsp3) is 0.414. The highest BCUT2D eigenvalue weighted by atomic mass is 16.5. The number of carbonyl (C=O) groups excluding carboxylic acids is 1. The number of benzene rings is 2. The highest BCUT2D eigenvalue weighted by molar-refractivity contribution is 5.99. The van der Waals surface area contributed by atoms with E-state index in [1.54, 1.807) is 24.3 Å². The van der Waals surface area contributed by atoms with Crippen molar-refractivity contribution >= 4 is 18.0 Å². The zero-order chi connectivity index (χ0) is 25.2. The zero-order valence-corrected chi connectivity index (χ0v) is 20.4. The summed E-state index contributed by atoms with van der Waals surface area (Å²) in [5.41, 5.74) is 1.87. The molecule has 0 amide bonds. The standard InChI is InChI=1S/C29H33NO5/c1-3-17-34-25-13-15-26(16-14-25)35-29(33)24(19-30)18-20-5-7-21(8-6-20)27(4-2)22-9-11-23(12-10-22)28(31)32/h5-8,13-16,18,22-23,27H,3-4,9-12,17H2,1-2H3,(H,31,32). The molecule has 0 bridgehead atoms. The summed E-state index contributed by atoms with van der Waals surface area (Å²) in [6.07, 6.45) is 6.74. The summed E-state index contributed by atoms with van der Waals surface area (Å²) in [4.78, 5) is 23.8. The highest BCUT2D eigenvalue weighted by Crippen LogP contribution is 2.40. The Hall–Kier alpha value is -3.59. The SMILES string of the molecule is CCCOc1ccc(OC(=O)C(C#N)=Cc2ccc(C(CC)C3CCC(C(=O)O)CC3)cc2)cc1. The highest BCUT2D eigenvalue weighted by Gasteiger charge is 2.30. The Balaban J connectivity index is 1.64. The van der Waals surface area contributed by atoms with Gasteiger partial charge in [-0.05, 0) is 91.8 Å². The van der Waals surface area contributed by atoms with Crippen molar-refractivity contribution in [2.75, 3.05) is 6.61 Å². The minimum absolute atomic E-state index is 0.0805. The number of hydrogen-bond acceptors (Lipinski definition) is 5. The van der Waals surface area contributed by atoms with Gasteiger partial charge in [-0.3, -0.25) is 4.79 Å². The van der Waals surface area contributed by atoms with E-state index >= 15 is 0 Å². The van der Waals surface area contributed by atoms with Crippen LogP contribution in [0, 0.1) is 23.2 Å². The Labute approximate surface area is 207 Å². The van der Waals surface area contributed by atoms with Gasteiger partial charge in [-0.2, -0.15) is 5.26 Å². The number of carbonyl (C=O) groups is 2. The maximum Gasteiger partial charge on any atom is 0.354 e. The van der Waals surface area contributed by atoms with E-state index in [1.807, 2.05) is 37.3 Å². The lowest BCUT2D eigenvalue weighted by atomic mass is 9.72. The van der Waals surface area contributed by atoms with Crippen LogP contribution in [0.15, 0.2) is 54.1 Å². The molecule has 1 N–H and O–H groups in total. The van der Waals surface area contributed by atoms with Gasteiger partial charge in [0.1, 0.15) is 23.1 Å². The second-order valence-corrected chi connectivity index (χ2v) is 9.01. The van der Waals surface area contributed by atoms with Crippen molar-refractivity contribution in [1.82, 2.24) is 0 Å². The second-order valence-electron chi connectivity index (χ2n) is 9.01. The molecule has 1 unspecified atom stereocenters. The molecule has 0 saturated heterocycles. The van der Waals surface area contributed by atoms with Gasteiger partial charge in [0.25, 0.3) is 0 Å². The normalized spacial score (nSPS) is 18.8. The molecule has 1 aliphatic rings. The maximum atomic E-state index is 12.5. The number of ether oxygens (including phenoxy) is 2. The molecule has 0 heterocycles. The summed E-state index contributed by atoms with van der Waals surface area (Å²) in [6.45, 7) is 4.80. The second kappa shape index (κ2) is 12.8. The van der Waals surface area contributed by atoms with Crippen molar-refractivity contribution in [3.05, 3.63) is 65.2 Å². The summed E-state index contributed by atoms with van der Waals surface area (Å²) in [5.74, 6) is 0.278. The van der Waals surface area contributed by atoms with Crippen LogP contribution in [0.3, 0.4) is 0 Å². The van der Waals surface area contributed by atoms with Crippen molar-refractivity contribution in [3.8, 4) is 17.6 Å². The van der Waals surface area contributed by atoms with E-state index in [1.165, 1.54) is 11.6 Å². The molecule has 6 heteroatoms. The molecule has 1 atom stereocenters. The molecule has 0 aliphatic heterocycles. The maximum absolute atomic E-state index is 12.5. The fourth-order valence-corrected chi connectivity index (χ4v) is 4.74. The first-order chi connectivity index (χ1) is 16.9. The van der Waals surface area contributed by atoms with Crippen LogP contribution in [0.2, 0.25) is 0 Å². The summed E-state index contributed by atoms with van der Waals surface area (Å²) in [6, 6.07) is 16.6. The number of rotatable bonds is 10. The van der Waals surface area contributed by atoms with E-state index < -0.39 is 11.9 Å². The van der Waals surface area contributed by atoms with Gasteiger partial charge < -0.3 is 14.6 Å². The van der Waals surface area contributed by atoms with E-state index in [2.05, 4.69) is 6.92 Å². The Kier molecular flexibility index (Phi) is 9.48. The first-order valence-corrected chi connectivity index (χ1v) is 12.3. The van der Waals surface area contributed by atoms with Crippen LogP contribution in [0.25, 0.3) is 6.08 Å². The minimum atomic E-state index is -0.708. The molecule has 184 valence electrons. The van der Waals surface area contributed by atoms with Crippen molar-refractivity contribution < 1.29 is 24.2 Å². The molecule has 3 rings (SSSR count). The molecule has 1 aliphatic carbocycles. The average Bonchev–Trinajstić information content (AvgIpc) is 2.88. The van der Waals surface area contributed by atoms with Crippen LogP contribution in [-0.2, 0) is 9.59 Å². The Bertz CT molecular complexity index is 1060. The number of hydrogen-bond donors (Lipinski definition) is 1. The Morgan fingerprint density at radius 3 is 2.20 bits per heavy atom. The van der Waals surface area contributed by atoms with Crippen LogP contribution in [0.5, 0.6) is 11.5 Å². The first-order valence-electron chi connectivity index (χ1n) is 12.3. The lowest BCUT2D eigenvalue weighted by molar-refractivity contribution is -0.143. The molecule has 0 radical (unpaired) electrons. The monoisotopic (exact) mass is 475 g/mol. The summed E-state index contributed by atoms with van der Waals surface area (Å²) in [7, 11) is 0. The van der Waals surface area contributed by atoms with Crippen molar-refractivity contribution in [3.63, 3.8) is 0 Å². The van der Waals surface area contributed by atoms with Crippen LogP contribution < -0.4 is 9.47 Å². The minimum Gasteiger partial charge on any atom is -0.494 e. The molecule has 1 saturated carbocycles. The molecule has 0 spiro atoms. The predicted octanol–water partition coefficient (Wildman–Crippen LogP) is 6.37. The lowest BCUT2D eigenvalue weighted by Gasteiger charge is -2.32. The van der Waals surface area contributed by atoms with Crippen molar-refractivity contribution in [2.24, 2.45) is 11.8 Å². The summed E-state index contributed by atoms with van der Waals surface area (Å²) < 4.78 is 10.9. The van der Waals surface area contributed by atoms with Gasteiger partial charge in [-0.25, -0.2) is 4.79 Å². The number of esters is 1. The molecule has 35 heavy (non-hydrogen) atoms. The molecule has 2 aromatic carbocycles. The number of aliphatic carboxylic acids is 1. The number of nitriles is 1. The van der Waals surface area contributed by atoms with Crippen LogP contribution in [0.4, 0.5) is 0 Å². The number of carboxylic acids is 1. The lowest BCUT2D eigenvalue weighted by Crippen LogP contribution is -2.24. The Morgan fingerprint density at radius 2 is 1.66 bits per heavy atom. The van der Waals surface area contributed by atoms with Crippen LogP contribution in [0.1, 0.15) is 69.4 Å². The summed E-state index contributed by atoms with van der Waals surface area (Å²) >= 11 is 0. The third-order valence-electron chi connectivity index (χ3n) is 6.65. The molecule has 2 aromatic rings. The van der Waals surface area contributed by atoms with Crippen LogP contribution in [-0.4, -0.2) is 23.7 Å². The van der Waals surface area contributed by atoms with Gasteiger partial charge in [0.05, 0.1) is 12.5 Å². The van der Waals surface area contributed by atoms with Gasteiger partial charge in [0.15, 0.2) is 0 Å². The van der Waals surface area contributed by atoms with E-state index in [0.717, 1.165) is 44.1 Å². The van der Waals surface area contributed by atoms with E-state index in [4.69, 9.17) is 9.47 Å². The summed E-state index contributed by atoms with van der Waals surface area (Å²) in [5, 5.41) is 18.8. The van der Waals surface area contributed by atoms with E-state index in [0.29, 0.717) is 29.9 Å². The molecular weight excluding hydrogens is 442 g/mol. The molecule has 6 nitrogen and oxygen atoms in total. The van der Waals surface area contributed by atoms with Gasteiger partial charge in [0.2, 0.25) is 0 Å². The third kappa shape index (κ3) is 7.19. The number of nitrogens with zero attached hydrogens (tertiary/aromatic N) is 1. The van der Waals surface area contributed by atoms with Gasteiger partial charge in [-0.15, -0.1) is 0 Å². The third-order valence-corrected chi connectivity index (χ3v) is 6.65. The van der Waals surface area contributed by atoms with E-state index in [-0.39, 0.29) is 11.5 Å². The first kappa shape index (κ1) is 26.0. The fourth-order valence-electron chi connectivity index (χ4n) is 4.74. The largest absolute Gasteiger partial charge is 0.494 e. The Morgan fingerprint density at radius 1 is 1.03 bits per heavy atom. The molecular formula is C29H33NO5. The zero-order valence-electron chi connectivity index (χ0n) is 20.4. The molecule has 0 aromatic heterocycles. The quantitative estimate of drug-likeness (QED) is 0.186. The smallest absolute Gasteiger partial charge is 0.354 e. The van der Waals surface area contributed by atoms with E-state index in [9.17, 15) is 20.0 Å². The van der Waals surface area contributed by atoms with Crippen molar-refractivity contribution in [2.45, 2.75) is 58.3 Å². The van der Waals surface area contributed by atoms with Crippen LogP contribution >= 0.6 is 0 Å². The molecule has 1 fully saturated rings.